The third-order valence-corrected chi connectivity index (χ3v) is 5.96. The number of fused-ring (bicyclic) bond motifs is 1. The molecule has 0 aliphatic carbocycles. The summed E-state index contributed by atoms with van der Waals surface area (Å²) in [5.74, 6) is -0.108. The molecule has 0 aliphatic heterocycles. The molecular formula is C30H23N3O2. The third-order valence-electron chi connectivity index (χ3n) is 5.96. The van der Waals surface area contributed by atoms with Crippen LogP contribution in [0.1, 0.15) is 15.9 Å². The molecule has 5 nitrogen and oxygen atoms in total. The van der Waals surface area contributed by atoms with Gasteiger partial charge in [0.25, 0.3) is 5.91 Å². The van der Waals surface area contributed by atoms with E-state index in [0.29, 0.717) is 5.56 Å². The van der Waals surface area contributed by atoms with Crippen molar-refractivity contribution in [1.82, 2.24) is 14.9 Å². The highest BCUT2D eigenvalue weighted by Gasteiger charge is 2.15. The van der Waals surface area contributed by atoms with Crippen molar-refractivity contribution in [3.8, 4) is 28.2 Å². The Bertz CT molecular complexity index is 1570. The molecule has 1 N–H and O–H groups in total. The lowest BCUT2D eigenvalue weighted by molar-refractivity contribution is -0.115. The van der Waals surface area contributed by atoms with Crippen LogP contribution in [0.25, 0.3) is 39.2 Å². The molecule has 0 aliphatic rings. The van der Waals surface area contributed by atoms with E-state index in [2.05, 4.69) is 34.7 Å². The molecule has 0 fully saturated rings. The number of amides is 2. The van der Waals surface area contributed by atoms with Crippen LogP contribution < -0.4 is 5.32 Å². The lowest BCUT2D eigenvalue weighted by atomic mass is 9.98. The van der Waals surface area contributed by atoms with E-state index < -0.39 is 11.8 Å². The Morgan fingerprint density at radius 2 is 1.49 bits per heavy atom. The summed E-state index contributed by atoms with van der Waals surface area (Å²) in [5.41, 5.74) is 7.08. The summed E-state index contributed by atoms with van der Waals surface area (Å²) < 4.78 is 2.16. The zero-order valence-electron chi connectivity index (χ0n) is 19.2. The minimum absolute atomic E-state index is 0.442. The number of carbonyl (C=O) groups is 2. The lowest BCUT2D eigenvalue weighted by Crippen LogP contribution is -2.29. The predicted octanol–water partition coefficient (Wildman–Crippen LogP) is 6.11. The van der Waals surface area contributed by atoms with Crippen molar-refractivity contribution < 1.29 is 9.59 Å². The maximum atomic E-state index is 12.5. The van der Waals surface area contributed by atoms with Gasteiger partial charge >= 0.3 is 0 Å². The van der Waals surface area contributed by atoms with Crippen LogP contribution in [0.15, 0.2) is 110 Å². The number of para-hydroxylation sites is 3. The maximum Gasteiger partial charge on any atom is 0.258 e. The van der Waals surface area contributed by atoms with Crippen LogP contribution >= 0.6 is 0 Å². The lowest BCUT2D eigenvalue weighted by Gasteiger charge is -2.11. The van der Waals surface area contributed by atoms with Gasteiger partial charge in [-0.05, 0) is 60.0 Å². The average molecular weight is 458 g/mol. The highest BCUT2D eigenvalue weighted by molar-refractivity contribution is 6.08. The summed E-state index contributed by atoms with van der Waals surface area (Å²) in [6.45, 7) is 5.24. The topological polar surface area (TPSA) is 64.0 Å². The Morgan fingerprint density at radius 3 is 2.23 bits per heavy atom. The Kier molecular flexibility index (Phi) is 5.81. The van der Waals surface area contributed by atoms with Crippen molar-refractivity contribution in [3.63, 3.8) is 0 Å². The van der Waals surface area contributed by atoms with E-state index in [9.17, 15) is 9.59 Å². The van der Waals surface area contributed by atoms with Crippen LogP contribution in [-0.2, 0) is 4.79 Å². The molecule has 5 rings (SSSR count). The largest absolute Gasteiger partial charge is 0.292 e. The number of hydrogen-bond acceptors (Lipinski definition) is 3. The van der Waals surface area contributed by atoms with Crippen molar-refractivity contribution in [1.29, 1.82) is 0 Å². The van der Waals surface area contributed by atoms with E-state index in [1.807, 2.05) is 79.7 Å². The van der Waals surface area contributed by atoms with E-state index in [0.717, 1.165) is 50.9 Å². The first-order chi connectivity index (χ1) is 17.0. The van der Waals surface area contributed by atoms with E-state index >= 15 is 0 Å². The molecule has 1 heterocycles. The number of imide groups is 1. The Balaban J connectivity index is 1.53. The van der Waals surface area contributed by atoms with Crippen LogP contribution in [0, 0.1) is 6.92 Å². The molecule has 0 spiro atoms. The molecule has 1 aromatic heterocycles. The molecule has 0 saturated heterocycles. The molecule has 2 amide bonds. The van der Waals surface area contributed by atoms with Crippen molar-refractivity contribution in [2.75, 3.05) is 0 Å². The number of benzene rings is 4. The first-order valence-corrected chi connectivity index (χ1v) is 11.3. The summed E-state index contributed by atoms with van der Waals surface area (Å²) in [6.07, 6.45) is 1.08. The van der Waals surface area contributed by atoms with Gasteiger partial charge in [0.2, 0.25) is 5.91 Å². The fourth-order valence-corrected chi connectivity index (χ4v) is 4.15. The normalized spacial score (nSPS) is 10.8. The highest BCUT2D eigenvalue weighted by atomic mass is 16.2. The molecule has 5 heteroatoms. The molecule has 5 aromatic rings. The molecule has 0 atom stereocenters. The first-order valence-electron chi connectivity index (χ1n) is 11.3. The van der Waals surface area contributed by atoms with Gasteiger partial charge in [0.15, 0.2) is 0 Å². The van der Waals surface area contributed by atoms with Gasteiger partial charge in [0.05, 0.1) is 11.0 Å². The van der Waals surface area contributed by atoms with Crippen LogP contribution in [0.2, 0.25) is 0 Å². The molecule has 170 valence electrons. The Hall–Kier alpha value is -4.77. The molecule has 35 heavy (non-hydrogen) atoms. The summed E-state index contributed by atoms with van der Waals surface area (Å²) in [6, 6.07) is 32.0. The van der Waals surface area contributed by atoms with Crippen LogP contribution in [-0.4, -0.2) is 21.4 Å². The Morgan fingerprint density at radius 1 is 0.829 bits per heavy atom. The van der Waals surface area contributed by atoms with E-state index in [1.165, 1.54) is 0 Å². The number of hydrogen-bond donors (Lipinski definition) is 1. The van der Waals surface area contributed by atoms with Crippen LogP contribution in [0.3, 0.4) is 0 Å². The second kappa shape index (κ2) is 9.23. The van der Waals surface area contributed by atoms with Gasteiger partial charge in [-0.1, -0.05) is 73.3 Å². The van der Waals surface area contributed by atoms with E-state index in [-0.39, 0.29) is 0 Å². The van der Waals surface area contributed by atoms with Gasteiger partial charge in [0, 0.05) is 16.8 Å². The van der Waals surface area contributed by atoms with Gasteiger partial charge in [-0.2, -0.15) is 0 Å². The number of nitrogens with one attached hydrogen (secondary N) is 1. The van der Waals surface area contributed by atoms with Crippen molar-refractivity contribution in [2.45, 2.75) is 6.92 Å². The van der Waals surface area contributed by atoms with Crippen molar-refractivity contribution in [3.05, 3.63) is 121 Å². The van der Waals surface area contributed by atoms with Gasteiger partial charge in [-0.15, -0.1) is 0 Å². The van der Waals surface area contributed by atoms with Gasteiger partial charge in [-0.25, -0.2) is 4.98 Å². The zero-order chi connectivity index (χ0) is 24.4. The maximum absolute atomic E-state index is 12.5. The Labute approximate surface area is 203 Å². The standard InChI is InChI=1S/C30H23N3O2/c1-3-28(34)32-30(35)25-19-23(14-13-20(25)2)21-15-17-22(18-16-21)29-31-26-11-7-8-12-27(26)33(29)24-9-5-4-6-10-24/h3-19H,1H2,2H3,(H,32,34,35). The zero-order valence-corrected chi connectivity index (χ0v) is 19.2. The smallest absolute Gasteiger partial charge is 0.258 e. The molecule has 0 saturated carbocycles. The number of aromatic nitrogens is 2. The number of imidazole rings is 1. The van der Waals surface area contributed by atoms with E-state index in [1.54, 1.807) is 6.07 Å². The monoisotopic (exact) mass is 457 g/mol. The number of aryl methyl sites for hydroxylation is 1. The van der Waals surface area contributed by atoms with Crippen LogP contribution in [0.5, 0.6) is 0 Å². The second-order valence-electron chi connectivity index (χ2n) is 8.22. The van der Waals surface area contributed by atoms with Gasteiger partial charge in [-0.3, -0.25) is 19.5 Å². The summed E-state index contributed by atoms with van der Waals surface area (Å²) in [4.78, 5) is 29.0. The fraction of sp³-hybridized carbons (Fsp3) is 0.0333. The number of rotatable bonds is 5. The fourth-order valence-electron chi connectivity index (χ4n) is 4.15. The van der Waals surface area contributed by atoms with Crippen molar-refractivity contribution >= 4 is 22.8 Å². The van der Waals surface area contributed by atoms with E-state index in [4.69, 9.17) is 4.98 Å². The molecule has 4 aromatic carbocycles. The number of nitrogens with zero attached hydrogens (tertiary/aromatic N) is 2. The second-order valence-corrected chi connectivity index (χ2v) is 8.22. The third kappa shape index (κ3) is 4.27. The summed E-state index contributed by atoms with van der Waals surface area (Å²) in [5, 5.41) is 2.32. The number of carbonyl (C=O) groups excluding carboxylic acids is 2. The average Bonchev–Trinajstić information content (AvgIpc) is 3.29. The summed E-state index contributed by atoms with van der Waals surface area (Å²) >= 11 is 0. The predicted molar refractivity (Wildman–Crippen MR) is 139 cm³/mol. The minimum Gasteiger partial charge on any atom is -0.292 e. The van der Waals surface area contributed by atoms with Crippen LogP contribution in [0.4, 0.5) is 0 Å². The first kappa shape index (κ1) is 22.0. The minimum atomic E-state index is -0.523. The quantitative estimate of drug-likeness (QED) is 0.324. The molecule has 0 bridgehead atoms. The highest BCUT2D eigenvalue weighted by Crippen LogP contribution is 2.30. The van der Waals surface area contributed by atoms with Gasteiger partial charge < -0.3 is 0 Å². The molecule has 0 unspecified atom stereocenters. The molecule has 0 radical (unpaired) electrons. The SMILES string of the molecule is C=CC(=O)NC(=O)c1cc(-c2ccc(-c3nc4ccccc4n3-c3ccccc3)cc2)ccc1C. The van der Waals surface area contributed by atoms with Crippen molar-refractivity contribution in [2.24, 2.45) is 0 Å². The summed E-state index contributed by atoms with van der Waals surface area (Å²) in [7, 11) is 0. The van der Waals surface area contributed by atoms with Gasteiger partial charge in [0.1, 0.15) is 5.82 Å². The molecular weight excluding hydrogens is 434 g/mol.